The van der Waals surface area contributed by atoms with Crippen LogP contribution < -0.4 is 10.3 Å². The molecule has 1 N–H and O–H groups in total. The molecule has 0 radical (unpaired) electrons. The summed E-state index contributed by atoms with van der Waals surface area (Å²) in [5.74, 6) is -0.139. The first kappa shape index (κ1) is 16.5. The van der Waals surface area contributed by atoms with E-state index in [0.29, 0.717) is 0 Å². The molecule has 0 aliphatic rings. The molecule has 0 aliphatic carbocycles. The molecule has 0 unspecified atom stereocenters. The number of anilines is 1. The molecule has 0 aliphatic heterocycles. The lowest BCUT2D eigenvalue weighted by Crippen LogP contribution is -2.35. The van der Waals surface area contributed by atoms with Gasteiger partial charge in [-0.05, 0) is 30.7 Å². The van der Waals surface area contributed by atoms with Gasteiger partial charge < -0.3 is 4.90 Å². The lowest BCUT2D eigenvalue weighted by atomic mass is 10.2. The van der Waals surface area contributed by atoms with Gasteiger partial charge in [-0.1, -0.05) is 54.6 Å². The average Bonchev–Trinajstić information content (AvgIpc) is 2.61. The van der Waals surface area contributed by atoms with Gasteiger partial charge in [-0.2, -0.15) is 5.10 Å². The first-order chi connectivity index (χ1) is 11.3. The van der Waals surface area contributed by atoms with E-state index < -0.39 is 0 Å². The molecule has 0 bridgehead atoms. The summed E-state index contributed by atoms with van der Waals surface area (Å²) in [5, 5.41) is 3.93. The fraction of sp³-hybridized carbons (Fsp3) is 0.158. The number of allylic oxidation sites excluding steroid dienone is 1. The van der Waals surface area contributed by atoms with E-state index in [2.05, 4.69) is 10.5 Å². The summed E-state index contributed by atoms with van der Waals surface area (Å²) in [4.78, 5) is 13.9. The second kappa shape index (κ2) is 9.20. The molecule has 0 saturated heterocycles. The minimum atomic E-state index is -0.139. The molecule has 2 aromatic rings. The Morgan fingerprint density at radius 1 is 1.09 bits per heavy atom. The Labute approximate surface area is 137 Å². The normalized spacial score (nSPS) is 11.0. The van der Waals surface area contributed by atoms with E-state index in [0.717, 1.165) is 17.8 Å². The van der Waals surface area contributed by atoms with Gasteiger partial charge in [0.05, 0.1) is 6.54 Å². The number of hydrazone groups is 1. The number of amides is 1. The van der Waals surface area contributed by atoms with E-state index in [1.165, 1.54) is 0 Å². The Hall–Kier alpha value is -2.88. The molecule has 23 heavy (non-hydrogen) atoms. The summed E-state index contributed by atoms with van der Waals surface area (Å²) in [7, 11) is 0. The Bertz CT molecular complexity index is 651. The summed E-state index contributed by atoms with van der Waals surface area (Å²) in [6.45, 7) is 3.06. The minimum absolute atomic E-state index is 0.139. The highest BCUT2D eigenvalue weighted by Gasteiger charge is 2.08. The smallest absolute Gasteiger partial charge is 0.259 e. The standard InChI is InChI=1S/C19H21N3O/c1-2-22(18-13-7-4-8-14-18)16-19(23)21-20-15-9-12-17-10-5-3-6-11-17/h3-15H,2,16H2,1H3,(H,21,23)/b12-9-,20-15?. The molecule has 2 aromatic carbocycles. The van der Waals surface area contributed by atoms with E-state index in [4.69, 9.17) is 0 Å². The summed E-state index contributed by atoms with van der Waals surface area (Å²) in [6, 6.07) is 19.8. The Balaban J connectivity index is 1.80. The van der Waals surface area contributed by atoms with Crippen molar-refractivity contribution in [2.45, 2.75) is 6.92 Å². The number of rotatable bonds is 7. The van der Waals surface area contributed by atoms with Crippen LogP contribution in [0.5, 0.6) is 0 Å². The van der Waals surface area contributed by atoms with Crippen molar-refractivity contribution in [1.29, 1.82) is 0 Å². The number of nitrogens with zero attached hydrogens (tertiary/aromatic N) is 2. The number of para-hydroxylation sites is 1. The van der Waals surface area contributed by atoms with Gasteiger partial charge in [0.1, 0.15) is 0 Å². The second-order valence-corrected chi connectivity index (χ2v) is 4.93. The number of carbonyl (C=O) groups is 1. The molecule has 0 atom stereocenters. The highest BCUT2D eigenvalue weighted by molar-refractivity contribution is 5.83. The third kappa shape index (κ3) is 5.79. The summed E-state index contributed by atoms with van der Waals surface area (Å²) >= 11 is 0. The molecule has 1 amide bonds. The second-order valence-electron chi connectivity index (χ2n) is 4.93. The summed E-state index contributed by atoms with van der Waals surface area (Å²) in [5.41, 5.74) is 4.66. The van der Waals surface area contributed by atoms with Crippen molar-refractivity contribution in [2.75, 3.05) is 18.0 Å². The molecule has 0 saturated carbocycles. The van der Waals surface area contributed by atoms with Crippen molar-refractivity contribution in [3.63, 3.8) is 0 Å². The third-order valence-corrected chi connectivity index (χ3v) is 3.28. The van der Waals surface area contributed by atoms with Crippen LogP contribution in [0.3, 0.4) is 0 Å². The number of hydrogen-bond acceptors (Lipinski definition) is 3. The first-order valence-corrected chi connectivity index (χ1v) is 7.63. The van der Waals surface area contributed by atoms with Gasteiger partial charge >= 0.3 is 0 Å². The average molecular weight is 307 g/mol. The Morgan fingerprint density at radius 2 is 1.74 bits per heavy atom. The van der Waals surface area contributed by atoms with Gasteiger partial charge in [0.25, 0.3) is 5.91 Å². The monoisotopic (exact) mass is 307 g/mol. The van der Waals surface area contributed by atoms with Gasteiger partial charge in [0, 0.05) is 18.4 Å². The topological polar surface area (TPSA) is 44.7 Å². The first-order valence-electron chi connectivity index (χ1n) is 7.63. The summed E-state index contributed by atoms with van der Waals surface area (Å²) in [6.07, 6.45) is 5.30. The predicted molar refractivity (Wildman–Crippen MR) is 96.4 cm³/mol. The molecule has 118 valence electrons. The van der Waals surface area contributed by atoms with Crippen molar-refractivity contribution in [1.82, 2.24) is 5.43 Å². The number of benzene rings is 2. The fourth-order valence-electron chi connectivity index (χ4n) is 2.10. The molecule has 4 nitrogen and oxygen atoms in total. The minimum Gasteiger partial charge on any atom is -0.362 e. The van der Waals surface area contributed by atoms with Gasteiger partial charge in [-0.25, -0.2) is 5.43 Å². The van der Waals surface area contributed by atoms with Crippen LogP contribution in [0.2, 0.25) is 0 Å². The fourth-order valence-corrected chi connectivity index (χ4v) is 2.10. The molecule has 0 heterocycles. The molecule has 0 aromatic heterocycles. The van der Waals surface area contributed by atoms with E-state index in [-0.39, 0.29) is 12.5 Å². The largest absolute Gasteiger partial charge is 0.362 e. The van der Waals surface area contributed by atoms with Crippen LogP contribution >= 0.6 is 0 Å². The predicted octanol–water partition coefficient (Wildman–Crippen LogP) is 3.33. The molecule has 2 rings (SSSR count). The lowest BCUT2D eigenvalue weighted by Gasteiger charge is -2.21. The number of hydrogen-bond donors (Lipinski definition) is 1. The number of carbonyl (C=O) groups excluding carboxylic acids is 1. The van der Waals surface area contributed by atoms with Crippen LogP contribution in [0.4, 0.5) is 5.69 Å². The SMILES string of the molecule is CCN(CC(=O)NN=C/C=C\c1ccccc1)c1ccccc1. The zero-order valence-corrected chi connectivity index (χ0v) is 13.2. The van der Waals surface area contributed by atoms with E-state index in [9.17, 15) is 4.79 Å². The van der Waals surface area contributed by atoms with Crippen LogP contribution in [0, 0.1) is 0 Å². The van der Waals surface area contributed by atoms with E-state index in [1.54, 1.807) is 12.3 Å². The van der Waals surface area contributed by atoms with E-state index in [1.807, 2.05) is 78.6 Å². The maximum Gasteiger partial charge on any atom is 0.259 e. The number of nitrogens with one attached hydrogen (secondary N) is 1. The molecule has 4 heteroatoms. The highest BCUT2D eigenvalue weighted by atomic mass is 16.2. The Morgan fingerprint density at radius 3 is 2.39 bits per heavy atom. The van der Waals surface area contributed by atoms with Crippen LogP contribution in [0.15, 0.2) is 71.8 Å². The highest BCUT2D eigenvalue weighted by Crippen LogP contribution is 2.11. The van der Waals surface area contributed by atoms with Crippen molar-refractivity contribution in [3.8, 4) is 0 Å². The van der Waals surface area contributed by atoms with Gasteiger partial charge in [-0.3, -0.25) is 4.79 Å². The Kier molecular flexibility index (Phi) is 6.60. The molecule has 0 fully saturated rings. The van der Waals surface area contributed by atoms with Crippen molar-refractivity contribution < 1.29 is 4.79 Å². The van der Waals surface area contributed by atoms with Gasteiger partial charge in [0.2, 0.25) is 0 Å². The van der Waals surface area contributed by atoms with Crippen LogP contribution in [0.1, 0.15) is 12.5 Å². The van der Waals surface area contributed by atoms with E-state index >= 15 is 0 Å². The van der Waals surface area contributed by atoms with Crippen LogP contribution in [-0.4, -0.2) is 25.2 Å². The quantitative estimate of drug-likeness (QED) is 0.630. The summed E-state index contributed by atoms with van der Waals surface area (Å²) < 4.78 is 0. The van der Waals surface area contributed by atoms with Crippen LogP contribution in [0.25, 0.3) is 6.08 Å². The van der Waals surface area contributed by atoms with Gasteiger partial charge in [0.15, 0.2) is 0 Å². The molecule has 0 spiro atoms. The molecular weight excluding hydrogens is 286 g/mol. The van der Waals surface area contributed by atoms with Crippen molar-refractivity contribution in [2.24, 2.45) is 5.10 Å². The third-order valence-electron chi connectivity index (χ3n) is 3.28. The molecular formula is C19H21N3O. The van der Waals surface area contributed by atoms with Crippen molar-refractivity contribution >= 4 is 23.9 Å². The zero-order valence-electron chi connectivity index (χ0n) is 13.2. The maximum absolute atomic E-state index is 11.9. The lowest BCUT2D eigenvalue weighted by molar-refractivity contribution is -0.119. The van der Waals surface area contributed by atoms with Crippen LogP contribution in [-0.2, 0) is 4.79 Å². The maximum atomic E-state index is 11.9. The zero-order chi connectivity index (χ0) is 16.3. The number of likely N-dealkylation sites (N-methyl/N-ethyl adjacent to an activating group) is 1. The van der Waals surface area contributed by atoms with Gasteiger partial charge in [-0.15, -0.1) is 0 Å². The van der Waals surface area contributed by atoms with Crippen molar-refractivity contribution in [3.05, 3.63) is 72.3 Å².